The summed E-state index contributed by atoms with van der Waals surface area (Å²) in [4.78, 5) is 0. The fourth-order valence-electron chi connectivity index (χ4n) is 5.37. The number of hydrogen-bond donors (Lipinski definition) is 0. The van der Waals surface area contributed by atoms with Crippen LogP contribution in [0.5, 0.6) is 0 Å². The summed E-state index contributed by atoms with van der Waals surface area (Å²) in [6, 6.07) is 9.24. The van der Waals surface area contributed by atoms with Crippen molar-refractivity contribution in [1.82, 2.24) is 0 Å². The smallest absolute Gasteiger partial charge is 0.0721 e. The normalized spacial score (nSPS) is 28.9. The first-order chi connectivity index (χ1) is 13.8. The molecule has 0 heterocycles. The first-order valence-electron chi connectivity index (χ1n) is 11.7. The van der Waals surface area contributed by atoms with Gasteiger partial charge in [0.25, 0.3) is 0 Å². The molecule has 1 nitrogen and oxygen atoms in total. The summed E-state index contributed by atoms with van der Waals surface area (Å²) < 4.78 is 5.67. The van der Waals surface area contributed by atoms with Crippen LogP contribution in [0, 0.1) is 17.8 Å². The molecule has 0 atom stereocenters. The van der Waals surface area contributed by atoms with Crippen molar-refractivity contribution < 1.29 is 4.74 Å². The van der Waals surface area contributed by atoms with E-state index in [1.807, 2.05) is 13.0 Å². The Balaban J connectivity index is 1.40. The number of benzene rings is 1. The van der Waals surface area contributed by atoms with Crippen LogP contribution in [0.4, 0.5) is 0 Å². The molecule has 0 radical (unpaired) electrons. The second kappa shape index (κ2) is 11.6. The van der Waals surface area contributed by atoms with Crippen molar-refractivity contribution in [3.63, 3.8) is 0 Å². The molecule has 2 saturated carbocycles. The van der Waals surface area contributed by atoms with E-state index < -0.39 is 0 Å². The Labute approximate surface area is 173 Å². The maximum Gasteiger partial charge on any atom is 0.0721 e. The fraction of sp³-hybridized carbons (Fsp3) is 0.630. The lowest BCUT2D eigenvalue weighted by molar-refractivity contribution is 0.148. The van der Waals surface area contributed by atoms with Crippen LogP contribution in [0.15, 0.2) is 48.6 Å². The third-order valence-corrected chi connectivity index (χ3v) is 7.20. The summed E-state index contributed by atoms with van der Waals surface area (Å²) in [7, 11) is 0. The first kappa shape index (κ1) is 21.4. The molecule has 1 aromatic rings. The Hall–Kier alpha value is -1.34. The van der Waals surface area contributed by atoms with Crippen LogP contribution in [0.1, 0.15) is 88.7 Å². The first-order valence-corrected chi connectivity index (χ1v) is 11.7. The van der Waals surface area contributed by atoms with Gasteiger partial charge in [0.2, 0.25) is 0 Å². The van der Waals surface area contributed by atoms with Crippen molar-refractivity contribution >= 4 is 0 Å². The lowest BCUT2D eigenvalue weighted by atomic mass is 9.68. The molecule has 0 aliphatic heterocycles. The summed E-state index contributed by atoms with van der Waals surface area (Å²) in [6.07, 6.45) is 21.6. The van der Waals surface area contributed by atoms with Crippen molar-refractivity contribution in [2.24, 2.45) is 17.8 Å². The zero-order valence-corrected chi connectivity index (χ0v) is 18.1. The van der Waals surface area contributed by atoms with E-state index in [4.69, 9.17) is 4.74 Å². The minimum Gasteiger partial charge on any atom is -0.373 e. The van der Waals surface area contributed by atoms with Crippen molar-refractivity contribution in [2.75, 3.05) is 6.61 Å². The maximum absolute atomic E-state index is 5.67. The second-order valence-electron chi connectivity index (χ2n) is 9.02. The number of rotatable bonds is 8. The lowest BCUT2D eigenvalue weighted by Crippen LogP contribution is -2.25. The van der Waals surface area contributed by atoms with E-state index in [9.17, 15) is 0 Å². The van der Waals surface area contributed by atoms with Gasteiger partial charge in [0.1, 0.15) is 0 Å². The van der Waals surface area contributed by atoms with Crippen molar-refractivity contribution in [2.45, 2.75) is 84.2 Å². The average molecular weight is 381 g/mol. The lowest BCUT2D eigenvalue weighted by Gasteiger charge is -2.38. The third kappa shape index (κ3) is 6.34. The molecule has 154 valence electrons. The highest BCUT2D eigenvalue weighted by atomic mass is 16.5. The monoisotopic (exact) mass is 380 g/mol. The highest BCUT2D eigenvalue weighted by Gasteiger charge is 2.30. The van der Waals surface area contributed by atoms with Crippen LogP contribution in [-0.2, 0) is 11.3 Å². The van der Waals surface area contributed by atoms with E-state index in [0.717, 1.165) is 23.7 Å². The molecule has 3 rings (SSSR count). The Bertz CT molecular complexity index is 596. The predicted octanol–water partition coefficient (Wildman–Crippen LogP) is 7.83. The van der Waals surface area contributed by atoms with E-state index in [-0.39, 0.29) is 0 Å². The van der Waals surface area contributed by atoms with Gasteiger partial charge in [0.15, 0.2) is 0 Å². The molecule has 0 saturated heterocycles. The molecule has 1 heteroatoms. The molecule has 0 unspecified atom stereocenters. The summed E-state index contributed by atoms with van der Waals surface area (Å²) in [5.41, 5.74) is 2.84. The maximum atomic E-state index is 5.67. The summed E-state index contributed by atoms with van der Waals surface area (Å²) in [6.45, 7) is 5.60. The number of allylic oxidation sites excluding steroid dienone is 3. The van der Waals surface area contributed by atoms with Gasteiger partial charge in [-0.3, -0.25) is 0 Å². The third-order valence-electron chi connectivity index (χ3n) is 7.20. The van der Waals surface area contributed by atoms with Gasteiger partial charge in [-0.1, -0.05) is 48.6 Å². The SMILES string of the molecule is CC=CCOCc1ccc([C@H]2CC[C@H]([C@H]3CC[C@H](CC=CC)CC3)CC2)cc1. The standard InChI is InChI=1S/C27H40O/c1-3-5-7-22-8-12-24(13-9-22)26-16-18-27(19-17-26)25-14-10-23(11-15-25)21-28-20-6-4-2/h3-6,10-11,14-15,22,24,26-27H,7-9,12-13,16-21H2,1-2H3/t22-,24-,26-,27-. The molecule has 1 aromatic carbocycles. The molecule has 0 N–H and O–H groups in total. The molecule has 0 amide bonds. The minimum atomic E-state index is 0.708. The van der Waals surface area contributed by atoms with Crippen molar-refractivity contribution in [3.05, 3.63) is 59.7 Å². The second-order valence-corrected chi connectivity index (χ2v) is 9.02. The van der Waals surface area contributed by atoms with Gasteiger partial charge < -0.3 is 4.74 Å². The van der Waals surface area contributed by atoms with Crippen LogP contribution in [0.25, 0.3) is 0 Å². The van der Waals surface area contributed by atoms with E-state index in [1.165, 1.54) is 63.4 Å². The van der Waals surface area contributed by atoms with Gasteiger partial charge in [0, 0.05) is 0 Å². The van der Waals surface area contributed by atoms with Gasteiger partial charge in [0.05, 0.1) is 13.2 Å². The molecule has 28 heavy (non-hydrogen) atoms. The fourth-order valence-corrected chi connectivity index (χ4v) is 5.37. The number of ether oxygens (including phenoxy) is 1. The van der Waals surface area contributed by atoms with Crippen LogP contribution >= 0.6 is 0 Å². The van der Waals surface area contributed by atoms with Crippen LogP contribution < -0.4 is 0 Å². The van der Waals surface area contributed by atoms with Gasteiger partial charge in [-0.15, -0.1) is 0 Å². The molecule has 0 spiro atoms. The molecule has 0 aromatic heterocycles. The van der Waals surface area contributed by atoms with Gasteiger partial charge >= 0.3 is 0 Å². The molecule has 2 aliphatic carbocycles. The Morgan fingerprint density at radius 1 is 0.786 bits per heavy atom. The molecule has 2 aliphatic rings. The minimum absolute atomic E-state index is 0.708. The number of hydrogen-bond acceptors (Lipinski definition) is 1. The van der Waals surface area contributed by atoms with E-state index in [2.05, 4.69) is 49.4 Å². The van der Waals surface area contributed by atoms with Crippen LogP contribution in [-0.4, -0.2) is 6.61 Å². The zero-order valence-electron chi connectivity index (χ0n) is 18.1. The molecular formula is C27H40O. The van der Waals surface area contributed by atoms with Gasteiger partial charge in [-0.25, -0.2) is 0 Å². The summed E-state index contributed by atoms with van der Waals surface area (Å²) in [5, 5.41) is 0. The Morgan fingerprint density at radius 2 is 1.39 bits per heavy atom. The van der Waals surface area contributed by atoms with Crippen LogP contribution in [0.2, 0.25) is 0 Å². The van der Waals surface area contributed by atoms with Gasteiger partial charge in [-0.05, 0) is 106 Å². The molecule has 2 fully saturated rings. The molecular weight excluding hydrogens is 340 g/mol. The zero-order chi connectivity index (χ0) is 19.6. The predicted molar refractivity (Wildman–Crippen MR) is 120 cm³/mol. The van der Waals surface area contributed by atoms with Crippen molar-refractivity contribution in [1.29, 1.82) is 0 Å². The highest BCUT2D eigenvalue weighted by molar-refractivity contribution is 5.25. The average Bonchev–Trinajstić information content (AvgIpc) is 2.76. The van der Waals surface area contributed by atoms with E-state index in [0.29, 0.717) is 13.2 Å². The Kier molecular flexibility index (Phi) is 8.86. The summed E-state index contributed by atoms with van der Waals surface area (Å²) in [5.74, 6) is 3.75. The topological polar surface area (TPSA) is 9.23 Å². The van der Waals surface area contributed by atoms with E-state index in [1.54, 1.807) is 5.56 Å². The van der Waals surface area contributed by atoms with Gasteiger partial charge in [-0.2, -0.15) is 0 Å². The van der Waals surface area contributed by atoms with Crippen molar-refractivity contribution in [3.8, 4) is 0 Å². The summed E-state index contributed by atoms with van der Waals surface area (Å²) >= 11 is 0. The quantitative estimate of drug-likeness (QED) is 0.330. The Morgan fingerprint density at radius 3 is 2.00 bits per heavy atom. The highest BCUT2D eigenvalue weighted by Crippen LogP contribution is 2.44. The molecule has 0 bridgehead atoms. The van der Waals surface area contributed by atoms with Crippen LogP contribution in [0.3, 0.4) is 0 Å². The van der Waals surface area contributed by atoms with E-state index >= 15 is 0 Å². The largest absolute Gasteiger partial charge is 0.373 e.